The first-order valence-corrected chi connectivity index (χ1v) is 4.81. The molecule has 0 radical (unpaired) electrons. The highest BCUT2D eigenvalue weighted by atomic mass is 16.4. The molecule has 0 aromatic carbocycles. The molecule has 1 aromatic rings. The second kappa shape index (κ2) is 6.13. The Morgan fingerprint density at radius 2 is 2.18 bits per heavy atom. The van der Waals surface area contributed by atoms with Crippen molar-refractivity contribution in [3.63, 3.8) is 0 Å². The second-order valence-electron chi connectivity index (χ2n) is 2.97. The van der Waals surface area contributed by atoms with Gasteiger partial charge in [-0.1, -0.05) is 12.0 Å². The van der Waals surface area contributed by atoms with Crippen molar-refractivity contribution in [2.24, 2.45) is 0 Å². The van der Waals surface area contributed by atoms with Crippen LogP contribution in [0.3, 0.4) is 0 Å². The van der Waals surface area contributed by atoms with Crippen LogP contribution in [0.1, 0.15) is 23.2 Å². The van der Waals surface area contributed by atoms with Gasteiger partial charge in [0.15, 0.2) is 5.76 Å². The summed E-state index contributed by atoms with van der Waals surface area (Å²) in [6, 6.07) is 2.96. The topological polar surface area (TPSA) is 67.5 Å². The smallest absolute Gasteiger partial charge is 0.328 e. The summed E-state index contributed by atoms with van der Waals surface area (Å²) in [6.07, 6.45) is 5.45. The molecule has 4 nitrogen and oxygen atoms in total. The van der Waals surface area contributed by atoms with Gasteiger partial charge in [0.25, 0.3) is 5.78 Å². The zero-order valence-corrected chi connectivity index (χ0v) is 9.14. The largest absolute Gasteiger partial charge is 0.478 e. The minimum absolute atomic E-state index is 0.0899. The van der Waals surface area contributed by atoms with Crippen molar-refractivity contribution in [3.05, 3.63) is 41.9 Å². The highest BCUT2D eigenvalue weighted by molar-refractivity contribution is 6.07. The number of carbonyl (C=O) groups is 2. The number of hydrogen-bond donors (Lipinski definition) is 1. The van der Waals surface area contributed by atoms with Gasteiger partial charge in [0.1, 0.15) is 5.76 Å². The van der Waals surface area contributed by atoms with Gasteiger partial charge in [-0.2, -0.15) is 0 Å². The summed E-state index contributed by atoms with van der Waals surface area (Å²) in [7, 11) is 0. The number of carbonyl (C=O) groups excluding carboxylic acids is 1. The third-order valence-electron chi connectivity index (χ3n) is 1.68. The van der Waals surface area contributed by atoms with Crippen molar-refractivity contribution in [1.82, 2.24) is 0 Å². The van der Waals surface area contributed by atoms with Crippen molar-refractivity contribution in [1.29, 1.82) is 0 Å². The third-order valence-corrected chi connectivity index (χ3v) is 1.68. The number of aliphatic carboxylic acids is 1. The van der Waals surface area contributed by atoms with Gasteiger partial charge in [0, 0.05) is 6.08 Å². The molecule has 1 aromatic heterocycles. The van der Waals surface area contributed by atoms with E-state index in [1.807, 2.05) is 0 Å². The van der Waals surface area contributed by atoms with E-state index < -0.39 is 11.8 Å². The monoisotopic (exact) mass is 230 g/mol. The van der Waals surface area contributed by atoms with Gasteiger partial charge in [-0.05, 0) is 37.1 Å². The number of Topliss-reactive ketones (excluding diaryl/α,β-unsaturated/α-hetero) is 1. The Balaban J connectivity index is 2.79. The summed E-state index contributed by atoms with van der Waals surface area (Å²) in [5, 5.41) is 8.41. The van der Waals surface area contributed by atoms with E-state index in [0.717, 1.165) is 6.08 Å². The Morgan fingerprint density at radius 1 is 1.41 bits per heavy atom. The Morgan fingerprint density at radius 3 is 2.82 bits per heavy atom. The first-order valence-electron chi connectivity index (χ1n) is 4.81. The SMILES string of the molecule is C/C=C/C#CC(=O)c1ccc(/C=C\C(=O)O)o1. The van der Waals surface area contributed by atoms with Crippen LogP contribution >= 0.6 is 0 Å². The van der Waals surface area contributed by atoms with Crippen LogP contribution in [0.5, 0.6) is 0 Å². The molecule has 0 aliphatic heterocycles. The van der Waals surface area contributed by atoms with Crippen LogP contribution in [0.25, 0.3) is 6.08 Å². The highest BCUT2D eigenvalue weighted by Crippen LogP contribution is 2.09. The molecule has 0 saturated carbocycles. The number of furan rings is 1. The fraction of sp³-hybridized carbons (Fsp3) is 0.0769. The van der Waals surface area contributed by atoms with Gasteiger partial charge >= 0.3 is 5.97 Å². The molecule has 0 aliphatic rings. The molecule has 0 aliphatic carbocycles. The van der Waals surface area contributed by atoms with E-state index in [4.69, 9.17) is 9.52 Å². The number of carboxylic acid groups (broad SMARTS) is 1. The zero-order chi connectivity index (χ0) is 12.7. The van der Waals surface area contributed by atoms with E-state index in [2.05, 4.69) is 11.8 Å². The molecule has 0 saturated heterocycles. The maximum absolute atomic E-state index is 11.4. The van der Waals surface area contributed by atoms with E-state index in [1.54, 1.807) is 19.1 Å². The fourth-order valence-corrected chi connectivity index (χ4v) is 0.970. The molecule has 17 heavy (non-hydrogen) atoms. The molecular formula is C13H10O4. The lowest BCUT2D eigenvalue weighted by Gasteiger charge is -1.85. The number of ketones is 1. The summed E-state index contributed by atoms with van der Waals surface area (Å²) in [4.78, 5) is 21.7. The zero-order valence-electron chi connectivity index (χ0n) is 9.14. The van der Waals surface area contributed by atoms with Crippen LogP contribution in [0.4, 0.5) is 0 Å². The van der Waals surface area contributed by atoms with Crippen LogP contribution in [0, 0.1) is 11.8 Å². The van der Waals surface area contributed by atoms with E-state index in [-0.39, 0.29) is 5.76 Å². The molecule has 0 bridgehead atoms. The number of allylic oxidation sites excluding steroid dienone is 2. The third kappa shape index (κ3) is 4.22. The lowest BCUT2D eigenvalue weighted by molar-refractivity contribution is -0.131. The normalized spacial score (nSPS) is 10.4. The summed E-state index contributed by atoms with van der Waals surface area (Å²) in [5.41, 5.74) is 0. The van der Waals surface area contributed by atoms with Crippen LogP contribution in [-0.2, 0) is 4.79 Å². The van der Waals surface area contributed by atoms with Crippen molar-refractivity contribution in [2.45, 2.75) is 6.92 Å². The summed E-state index contributed by atoms with van der Waals surface area (Å²) < 4.78 is 5.10. The van der Waals surface area contributed by atoms with Crippen LogP contribution in [0.2, 0.25) is 0 Å². The van der Waals surface area contributed by atoms with Gasteiger partial charge in [-0.15, -0.1) is 0 Å². The minimum Gasteiger partial charge on any atom is -0.478 e. The summed E-state index contributed by atoms with van der Waals surface area (Å²) in [6.45, 7) is 1.79. The highest BCUT2D eigenvalue weighted by Gasteiger charge is 2.06. The maximum Gasteiger partial charge on any atom is 0.328 e. The van der Waals surface area contributed by atoms with Crippen LogP contribution < -0.4 is 0 Å². The molecule has 4 heteroatoms. The lowest BCUT2D eigenvalue weighted by Crippen LogP contribution is -1.90. The van der Waals surface area contributed by atoms with Gasteiger partial charge < -0.3 is 9.52 Å². The molecule has 0 fully saturated rings. The maximum atomic E-state index is 11.4. The van der Waals surface area contributed by atoms with Gasteiger partial charge in [-0.3, -0.25) is 4.79 Å². The van der Waals surface area contributed by atoms with Crippen LogP contribution in [-0.4, -0.2) is 16.9 Å². The standard InChI is InChI=1S/C13H10O4/c1-2-3-4-5-11(14)12-8-6-10(17-12)7-9-13(15)16/h2-3,6-9H,1H3,(H,15,16)/b3-2+,9-7-. The molecule has 1 N–H and O–H groups in total. The van der Waals surface area contributed by atoms with E-state index >= 15 is 0 Å². The predicted molar refractivity (Wildman–Crippen MR) is 62.3 cm³/mol. The molecule has 0 unspecified atom stereocenters. The van der Waals surface area contributed by atoms with E-state index in [1.165, 1.54) is 18.2 Å². The van der Waals surface area contributed by atoms with Crippen molar-refractivity contribution >= 4 is 17.8 Å². The number of rotatable bonds is 3. The Labute approximate surface area is 98.2 Å². The second-order valence-corrected chi connectivity index (χ2v) is 2.97. The Kier molecular flexibility index (Phi) is 4.52. The quantitative estimate of drug-likeness (QED) is 0.374. The fourth-order valence-electron chi connectivity index (χ4n) is 0.970. The Hall–Kier alpha value is -2.54. The van der Waals surface area contributed by atoms with Crippen molar-refractivity contribution < 1.29 is 19.1 Å². The molecule has 0 atom stereocenters. The minimum atomic E-state index is -1.08. The van der Waals surface area contributed by atoms with E-state index in [0.29, 0.717) is 5.76 Å². The molecule has 0 amide bonds. The van der Waals surface area contributed by atoms with Gasteiger partial charge in [0.2, 0.25) is 0 Å². The molecule has 0 spiro atoms. The van der Waals surface area contributed by atoms with Crippen molar-refractivity contribution in [3.8, 4) is 11.8 Å². The molecule has 1 heterocycles. The summed E-state index contributed by atoms with van der Waals surface area (Å²) >= 11 is 0. The van der Waals surface area contributed by atoms with Gasteiger partial charge in [-0.25, -0.2) is 4.79 Å². The molecular weight excluding hydrogens is 220 g/mol. The average molecular weight is 230 g/mol. The van der Waals surface area contributed by atoms with Gasteiger partial charge in [0.05, 0.1) is 0 Å². The van der Waals surface area contributed by atoms with E-state index in [9.17, 15) is 9.59 Å². The number of carboxylic acids is 1. The average Bonchev–Trinajstić information content (AvgIpc) is 2.75. The van der Waals surface area contributed by atoms with Crippen LogP contribution in [0.15, 0.2) is 34.8 Å². The molecule has 86 valence electrons. The Bertz CT molecular complexity index is 535. The first-order chi connectivity index (χ1) is 8.13. The predicted octanol–water partition coefficient (Wildman–Crippen LogP) is 2.14. The number of hydrogen-bond acceptors (Lipinski definition) is 3. The first kappa shape index (κ1) is 12.5. The lowest BCUT2D eigenvalue weighted by atomic mass is 10.3. The molecule has 1 rings (SSSR count). The summed E-state index contributed by atoms with van der Waals surface area (Å²) in [5.74, 6) is 3.77. The van der Waals surface area contributed by atoms with Crippen molar-refractivity contribution in [2.75, 3.05) is 0 Å².